The van der Waals surface area contributed by atoms with Crippen molar-refractivity contribution in [3.63, 3.8) is 0 Å². The number of carbonyl (C=O) groups is 1. The number of aromatic nitrogens is 2. The minimum absolute atomic E-state index is 0.0638. The van der Waals surface area contributed by atoms with Gasteiger partial charge in [-0.3, -0.25) is 4.79 Å². The number of thioether (sulfide) groups is 1. The molecule has 1 N–H and O–H groups in total. The summed E-state index contributed by atoms with van der Waals surface area (Å²) in [5.74, 6) is 0.836. The molecule has 0 bridgehead atoms. The molecule has 32 heavy (non-hydrogen) atoms. The number of piperazine rings is 1. The standard InChI is InChI=1S/C24H26FN5OS/c1-17-6-5-7-18(2)24(17)28-22(31)15-32-23-14-21(26-16-27-23)30-12-10-29(11-13-30)20-9-4-3-8-19(20)25/h3-9,14,16H,10-13,15H2,1-2H3,(H,28,31). The zero-order valence-corrected chi connectivity index (χ0v) is 19.0. The van der Waals surface area contributed by atoms with Gasteiger partial charge in [-0.05, 0) is 37.1 Å². The zero-order chi connectivity index (χ0) is 22.5. The molecule has 1 amide bonds. The van der Waals surface area contributed by atoms with Crippen molar-refractivity contribution in [2.24, 2.45) is 0 Å². The van der Waals surface area contributed by atoms with Gasteiger partial charge in [0.25, 0.3) is 0 Å². The third kappa shape index (κ3) is 5.19. The fourth-order valence-corrected chi connectivity index (χ4v) is 4.45. The second kappa shape index (κ2) is 9.99. The van der Waals surface area contributed by atoms with Crippen LogP contribution in [0.1, 0.15) is 11.1 Å². The predicted molar refractivity (Wildman–Crippen MR) is 128 cm³/mol. The van der Waals surface area contributed by atoms with Crippen molar-refractivity contribution in [1.82, 2.24) is 9.97 Å². The van der Waals surface area contributed by atoms with Gasteiger partial charge in [-0.25, -0.2) is 14.4 Å². The lowest BCUT2D eigenvalue weighted by molar-refractivity contribution is -0.113. The van der Waals surface area contributed by atoms with Crippen LogP contribution in [0.3, 0.4) is 0 Å². The summed E-state index contributed by atoms with van der Waals surface area (Å²) in [6.07, 6.45) is 1.53. The molecule has 0 radical (unpaired) electrons. The molecule has 0 unspecified atom stereocenters. The summed E-state index contributed by atoms with van der Waals surface area (Å²) < 4.78 is 14.1. The lowest BCUT2D eigenvalue weighted by Gasteiger charge is -2.36. The van der Waals surface area contributed by atoms with Crippen LogP contribution in [0.25, 0.3) is 0 Å². The highest BCUT2D eigenvalue weighted by molar-refractivity contribution is 7.99. The van der Waals surface area contributed by atoms with E-state index in [0.29, 0.717) is 18.8 Å². The summed E-state index contributed by atoms with van der Waals surface area (Å²) in [7, 11) is 0. The van der Waals surface area contributed by atoms with E-state index in [1.165, 1.54) is 24.2 Å². The average molecular weight is 452 g/mol. The van der Waals surface area contributed by atoms with E-state index in [0.717, 1.165) is 40.7 Å². The van der Waals surface area contributed by atoms with Crippen molar-refractivity contribution in [3.8, 4) is 0 Å². The molecule has 0 spiro atoms. The van der Waals surface area contributed by atoms with Gasteiger partial charge in [0.05, 0.1) is 11.4 Å². The molecule has 1 aliphatic rings. The zero-order valence-electron chi connectivity index (χ0n) is 18.2. The number of hydrogen-bond donors (Lipinski definition) is 1. The summed E-state index contributed by atoms with van der Waals surface area (Å²) in [5.41, 5.74) is 3.60. The Morgan fingerprint density at radius 2 is 1.69 bits per heavy atom. The van der Waals surface area contributed by atoms with E-state index >= 15 is 0 Å². The quantitative estimate of drug-likeness (QED) is 0.446. The van der Waals surface area contributed by atoms with Crippen LogP contribution in [-0.4, -0.2) is 47.8 Å². The molecule has 0 aliphatic carbocycles. The Kier molecular flexibility index (Phi) is 6.90. The number of carbonyl (C=O) groups excluding carboxylic acids is 1. The molecular formula is C24H26FN5OS. The van der Waals surface area contributed by atoms with Gasteiger partial charge in [-0.15, -0.1) is 0 Å². The van der Waals surface area contributed by atoms with E-state index in [2.05, 4.69) is 25.1 Å². The van der Waals surface area contributed by atoms with E-state index < -0.39 is 0 Å². The first-order valence-electron chi connectivity index (χ1n) is 10.6. The highest BCUT2D eigenvalue weighted by atomic mass is 32.2. The molecule has 4 rings (SSSR count). The van der Waals surface area contributed by atoms with Gasteiger partial charge in [0.1, 0.15) is 23.0 Å². The largest absolute Gasteiger partial charge is 0.366 e. The molecule has 0 atom stereocenters. The molecule has 8 heteroatoms. The van der Waals surface area contributed by atoms with Gasteiger partial charge in [-0.1, -0.05) is 42.1 Å². The lowest BCUT2D eigenvalue weighted by Crippen LogP contribution is -2.47. The monoisotopic (exact) mass is 451 g/mol. The van der Waals surface area contributed by atoms with Crippen molar-refractivity contribution in [2.45, 2.75) is 18.9 Å². The first kappa shape index (κ1) is 22.1. The Labute approximate surface area is 191 Å². The van der Waals surface area contributed by atoms with Crippen molar-refractivity contribution in [1.29, 1.82) is 0 Å². The number of hydrogen-bond acceptors (Lipinski definition) is 6. The molecule has 1 saturated heterocycles. The summed E-state index contributed by atoms with van der Waals surface area (Å²) in [5, 5.41) is 3.75. The van der Waals surface area contributed by atoms with Gasteiger partial charge in [0.2, 0.25) is 5.91 Å². The topological polar surface area (TPSA) is 61.4 Å². The third-order valence-corrected chi connectivity index (χ3v) is 6.45. The molecule has 1 aliphatic heterocycles. The fourth-order valence-electron chi connectivity index (χ4n) is 3.79. The van der Waals surface area contributed by atoms with Crippen LogP contribution in [0, 0.1) is 19.7 Å². The van der Waals surface area contributed by atoms with Crippen molar-refractivity contribution in [2.75, 3.05) is 47.0 Å². The van der Waals surface area contributed by atoms with Gasteiger partial charge in [-0.2, -0.15) is 0 Å². The van der Waals surface area contributed by atoms with E-state index in [-0.39, 0.29) is 17.5 Å². The second-order valence-electron chi connectivity index (χ2n) is 7.74. The van der Waals surface area contributed by atoms with Crippen LogP contribution >= 0.6 is 11.8 Å². The maximum absolute atomic E-state index is 14.1. The number of benzene rings is 2. The molecule has 2 heterocycles. The number of amides is 1. The molecule has 6 nitrogen and oxygen atoms in total. The SMILES string of the molecule is Cc1cccc(C)c1NC(=O)CSc1cc(N2CCN(c3ccccc3F)CC2)ncn1. The minimum Gasteiger partial charge on any atom is -0.366 e. The van der Waals surface area contributed by atoms with Crippen LogP contribution < -0.4 is 15.1 Å². The van der Waals surface area contributed by atoms with Crippen LogP contribution in [0.4, 0.5) is 21.6 Å². The van der Waals surface area contributed by atoms with Gasteiger partial charge < -0.3 is 15.1 Å². The van der Waals surface area contributed by atoms with Crippen LogP contribution in [-0.2, 0) is 4.79 Å². The van der Waals surface area contributed by atoms with E-state index in [1.54, 1.807) is 6.07 Å². The number of para-hydroxylation sites is 2. The predicted octanol–water partition coefficient (Wildman–Crippen LogP) is 4.29. The molecule has 1 fully saturated rings. The number of nitrogens with one attached hydrogen (secondary N) is 1. The maximum atomic E-state index is 14.1. The summed E-state index contributed by atoms with van der Waals surface area (Å²) in [4.78, 5) is 25.4. The summed E-state index contributed by atoms with van der Waals surface area (Å²) in [6.45, 7) is 6.87. The Bertz CT molecular complexity index is 1080. The Morgan fingerprint density at radius 3 is 2.41 bits per heavy atom. The van der Waals surface area contributed by atoms with Crippen molar-refractivity contribution in [3.05, 3.63) is 71.8 Å². The Balaban J connectivity index is 1.33. The van der Waals surface area contributed by atoms with Crippen LogP contribution in [0.2, 0.25) is 0 Å². The van der Waals surface area contributed by atoms with Gasteiger partial charge in [0, 0.05) is 37.9 Å². The number of aryl methyl sites for hydroxylation is 2. The van der Waals surface area contributed by atoms with Gasteiger partial charge in [0.15, 0.2) is 0 Å². The molecule has 1 aromatic heterocycles. The van der Waals surface area contributed by atoms with E-state index in [9.17, 15) is 9.18 Å². The smallest absolute Gasteiger partial charge is 0.234 e. The third-order valence-electron chi connectivity index (χ3n) is 5.52. The Hall–Kier alpha value is -3.13. The van der Waals surface area contributed by atoms with Gasteiger partial charge >= 0.3 is 0 Å². The Morgan fingerprint density at radius 1 is 1.00 bits per heavy atom. The number of anilines is 3. The lowest BCUT2D eigenvalue weighted by atomic mass is 10.1. The molecule has 3 aromatic rings. The summed E-state index contributed by atoms with van der Waals surface area (Å²) in [6, 6.07) is 14.7. The molecule has 166 valence electrons. The number of halogens is 1. The van der Waals surface area contributed by atoms with E-state index in [1.807, 2.05) is 50.2 Å². The molecule has 0 saturated carbocycles. The second-order valence-corrected chi connectivity index (χ2v) is 8.74. The molecular weight excluding hydrogens is 425 g/mol. The van der Waals surface area contributed by atoms with E-state index in [4.69, 9.17) is 0 Å². The average Bonchev–Trinajstić information content (AvgIpc) is 2.81. The first-order chi connectivity index (χ1) is 15.5. The molecule has 2 aromatic carbocycles. The van der Waals surface area contributed by atoms with Crippen LogP contribution in [0.5, 0.6) is 0 Å². The van der Waals surface area contributed by atoms with Crippen molar-refractivity contribution >= 4 is 34.9 Å². The number of rotatable bonds is 6. The maximum Gasteiger partial charge on any atom is 0.234 e. The first-order valence-corrected chi connectivity index (χ1v) is 11.5. The van der Waals surface area contributed by atoms with Crippen LogP contribution in [0.15, 0.2) is 59.9 Å². The van der Waals surface area contributed by atoms with Crippen molar-refractivity contribution < 1.29 is 9.18 Å². The highest BCUT2D eigenvalue weighted by Gasteiger charge is 2.20. The fraction of sp³-hybridized carbons (Fsp3) is 0.292. The normalized spacial score (nSPS) is 13.8. The minimum atomic E-state index is -0.194. The number of nitrogens with zero attached hydrogens (tertiary/aromatic N) is 4. The highest BCUT2D eigenvalue weighted by Crippen LogP contribution is 2.25. The summed E-state index contributed by atoms with van der Waals surface area (Å²) >= 11 is 1.39.